The first-order chi connectivity index (χ1) is 12.5. The lowest BCUT2D eigenvalue weighted by atomic mass is 10.3. The second-order valence-electron chi connectivity index (χ2n) is 6.14. The molecule has 0 bridgehead atoms. The molecule has 0 saturated carbocycles. The fourth-order valence-corrected chi connectivity index (χ4v) is 4.45. The molecule has 2 aromatic rings. The van der Waals surface area contributed by atoms with Crippen LogP contribution in [0.5, 0.6) is 5.75 Å². The van der Waals surface area contributed by atoms with E-state index in [1.807, 2.05) is 30.3 Å². The lowest BCUT2D eigenvalue weighted by Crippen LogP contribution is -3.15. The average molecular weight is 383 g/mol. The van der Waals surface area contributed by atoms with Gasteiger partial charge in [0.05, 0.1) is 26.2 Å². The Morgan fingerprint density at radius 2 is 1.73 bits per heavy atom. The lowest BCUT2D eigenvalue weighted by molar-refractivity contribution is -0.903. The minimum absolute atomic E-state index is 0.263. The summed E-state index contributed by atoms with van der Waals surface area (Å²) in [6.07, 6.45) is 0. The monoisotopic (exact) mass is 383 g/mol. The Labute approximate surface area is 151 Å². The lowest BCUT2D eigenvalue weighted by Gasteiger charge is -2.31. The Morgan fingerprint density at radius 3 is 2.42 bits per heavy atom. The molecule has 1 heterocycles. The minimum atomic E-state index is -4.03. The molecule has 0 aliphatic carbocycles. The summed E-state index contributed by atoms with van der Waals surface area (Å²) in [5, 5.41) is 0. The van der Waals surface area contributed by atoms with E-state index in [1.165, 1.54) is 9.21 Å². The number of quaternary nitrogens is 1. The first-order valence-electron chi connectivity index (χ1n) is 8.43. The van der Waals surface area contributed by atoms with Crippen LogP contribution < -0.4 is 9.64 Å². The summed E-state index contributed by atoms with van der Waals surface area (Å²) in [4.78, 5) is 0.612. The van der Waals surface area contributed by atoms with Crippen LogP contribution in [0, 0.1) is 11.6 Å². The van der Waals surface area contributed by atoms with Crippen molar-refractivity contribution in [1.82, 2.24) is 4.31 Å². The molecule has 140 valence electrons. The molecule has 0 spiro atoms. The number of hydrogen-bond acceptors (Lipinski definition) is 3. The summed E-state index contributed by atoms with van der Waals surface area (Å²) in [5.74, 6) is -0.903. The number of nitrogens with one attached hydrogen (secondary N) is 1. The number of halogens is 2. The maximum Gasteiger partial charge on any atom is 0.246 e. The largest absolute Gasteiger partial charge is 0.488 e. The Bertz CT molecular complexity index is 839. The van der Waals surface area contributed by atoms with E-state index in [1.54, 1.807) is 0 Å². The third-order valence-electron chi connectivity index (χ3n) is 4.41. The molecular weight excluding hydrogens is 362 g/mol. The summed E-state index contributed by atoms with van der Waals surface area (Å²) < 4.78 is 59.1. The van der Waals surface area contributed by atoms with Crippen molar-refractivity contribution >= 4 is 10.0 Å². The molecule has 0 aromatic heterocycles. The van der Waals surface area contributed by atoms with Crippen molar-refractivity contribution in [2.45, 2.75) is 4.90 Å². The van der Waals surface area contributed by atoms with Crippen molar-refractivity contribution < 1.29 is 26.8 Å². The van der Waals surface area contributed by atoms with E-state index < -0.39 is 26.6 Å². The summed E-state index contributed by atoms with van der Waals surface area (Å²) in [6, 6.07) is 12.0. The number of sulfonamides is 1. The molecule has 0 amide bonds. The van der Waals surface area contributed by atoms with E-state index in [9.17, 15) is 17.2 Å². The fourth-order valence-electron chi connectivity index (χ4n) is 2.94. The van der Waals surface area contributed by atoms with Gasteiger partial charge in [0.2, 0.25) is 10.0 Å². The van der Waals surface area contributed by atoms with Crippen molar-refractivity contribution in [2.75, 3.05) is 39.3 Å². The summed E-state index contributed by atoms with van der Waals surface area (Å²) >= 11 is 0. The highest BCUT2D eigenvalue weighted by Crippen LogP contribution is 2.20. The summed E-state index contributed by atoms with van der Waals surface area (Å²) in [5.41, 5.74) is 0. The van der Waals surface area contributed by atoms with Gasteiger partial charge in [-0.1, -0.05) is 18.2 Å². The van der Waals surface area contributed by atoms with Gasteiger partial charge in [-0.2, -0.15) is 4.31 Å². The highest BCUT2D eigenvalue weighted by Gasteiger charge is 2.32. The number of rotatable bonds is 6. The van der Waals surface area contributed by atoms with Crippen LogP contribution in [-0.4, -0.2) is 52.1 Å². The zero-order valence-electron chi connectivity index (χ0n) is 14.2. The van der Waals surface area contributed by atoms with Crippen molar-refractivity contribution in [3.63, 3.8) is 0 Å². The fraction of sp³-hybridized carbons (Fsp3) is 0.333. The van der Waals surface area contributed by atoms with E-state index in [4.69, 9.17) is 4.74 Å². The van der Waals surface area contributed by atoms with Gasteiger partial charge >= 0.3 is 0 Å². The van der Waals surface area contributed by atoms with Crippen molar-refractivity contribution in [1.29, 1.82) is 0 Å². The molecule has 3 rings (SSSR count). The Kier molecular flexibility index (Phi) is 5.85. The quantitative estimate of drug-likeness (QED) is 0.808. The highest BCUT2D eigenvalue weighted by molar-refractivity contribution is 7.89. The molecule has 1 aliphatic heterocycles. The molecule has 1 aliphatic rings. The number of piperazine rings is 1. The highest BCUT2D eigenvalue weighted by atomic mass is 32.2. The van der Waals surface area contributed by atoms with Crippen LogP contribution in [0.25, 0.3) is 0 Å². The van der Waals surface area contributed by atoms with Gasteiger partial charge in [-0.3, -0.25) is 0 Å². The van der Waals surface area contributed by atoms with Crippen LogP contribution in [0.2, 0.25) is 0 Å². The van der Waals surface area contributed by atoms with E-state index in [2.05, 4.69) is 0 Å². The molecule has 5 nitrogen and oxygen atoms in total. The number of nitrogens with zero attached hydrogens (tertiary/aromatic N) is 1. The van der Waals surface area contributed by atoms with E-state index >= 15 is 0 Å². The van der Waals surface area contributed by atoms with Crippen LogP contribution in [0.3, 0.4) is 0 Å². The molecule has 1 N–H and O–H groups in total. The third-order valence-corrected chi connectivity index (χ3v) is 6.32. The van der Waals surface area contributed by atoms with Gasteiger partial charge in [0.1, 0.15) is 35.4 Å². The maximum atomic E-state index is 13.8. The van der Waals surface area contributed by atoms with Crippen molar-refractivity contribution in [3.05, 3.63) is 60.2 Å². The molecule has 1 fully saturated rings. The zero-order valence-corrected chi connectivity index (χ0v) is 15.0. The van der Waals surface area contributed by atoms with Crippen LogP contribution in [-0.2, 0) is 10.0 Å². The number of para-hydroxylation sites is 1. The van der Waals surface area contributed by atoms with E-state index in [0.717, 1.165) is 30.5 Å². The van der Waals surface area contributed by atoms with Gasteiger partial charge in [-0.05, 0) is 30.3 Å². The molecule has 0 unspecified atom stereocenters. The number of hydrogen-bond donors (Lipinski definition) is 1. The molecule has 2 aromatic carbocycles. The molecule has 0 atom stereocenters. The van der Waals surface area contributed by atoms with Gasteiger partial charge in [-0.25, -0.2) is 17.2 Å². The number of ether oxygens (including phenoxy) is 1. The SMILES string of the molecule is O=S(=O)(c1cc(F)ccc1F)N1CC[NH+](CCOc2ccccc2)CC1. The van der Waals surface area contributed by atoms with Crippen molar-refractivity contribution in [3.8, 4) is 5.75 Å². The maximum absolute atomic E-state index is 13.8. The molecular formula is C18H21F2N2O3S+. The second-order valence-corrected chi connectivity index (χ2v) is 8.05. The van der Waals surface area contributed by atoms with Gasteiger partial charge in [-0.15, -0.1) is 0 Å². The number of benzene rings is 2. The Balaban J connectivity index is 1.53. The van der Waals surface area contributed by atoms with Crippen LogP contribution in [0.1, 0.15) is 0 Å². The smallest absolute Gasteiger partial charge is 0.246 e. The Hall–Kier alpha value is -2.03. The first kappa shape index (κ1) is 18.8. The third kappa shape index (κ3) is 4.38. The first-order valence-corrected chi connectivity index (χ1v) is 9.87. The molecule has 26 heavy (non-hydrogen) atoms. The Morgan fingerprint density at radius 1 is 1.04 bits per heavy atom. The van der Waals surface area contributed by atoms with Crippen LogP contribution in [0.4, 0.5) is 8.78 Å². The van der Waals surface area contributed by atoms with Gasteiger partial charge < -0.3 is 9.64 Å². The topological polar surface area (TPSA) is 51.0 Å². The van der Waals surface area contributed by atoms with Crippen LogP contribution >= 0.6 is 0 Å². The average Bonchev–Trinajstić information content (AvgIpc) is 2.65. The normalized spacial score (nSPS) is 16.5. The summed E-state index contributed by atoms with van der Waals surface area (Å²) in [6.45, 7) is 2.99. The van der Waals surface area contributed by atoms with Gasteiger partial charge in [0.15, 0.2) is 0 Å². The molecule has 1 saturated heterocycles. The summed E-state index contributed by atoms with van der Waals surface area (Å²) in [7, 11) is -4.03. The van der Waals surface area contributed by atoms with Gasteiger partial charge in [0, 0.05) is 0 Å². The van der Waals surface area contributed by atoms with E-state index in [-0.39, 0.29) is 13.1 Å². The predicted molar refractivity (Wildman–Crippen MR) is 92.6 cm³/mol. The minimum Gasteiger partial charge on any atom is -0.488 e. The molecule has 8 heteroatoms. The predicted octanol–water partition coefficient (Wildman–Crippen LogP) is 0.933. The van der Waals surface area contributed by atoms with E-state index in [0.29, 0.717) is 19.7 Å². The van der Waals surface area contributed by atoms with Crippen molar-refractivity contribution in [2.24, 2.45) is 0 Å². The molecule has 0 radical (unpaired) electrons. The second kappa shape index (κ2) is 8.11. The zero-order chi connectivity index (χ0) is 18.6. The van der Waals surface area contributed by atoms with Gasteiger partial charge in [0.25, 0.3) is 0 Å². The standard InChI is InChI=1S/C18H20F2N2O3S/c19-15-6-7-17(20)18(14-15)26(23,24)22-10-8-21(9-11-22)12-13-25-16-4-2-1-3-5-16/h1-7,14H,8-13H2/p+1. The van der Waals surface area contributed by atoms with Crippen LogP contribution in [0.15, 0.2) is 53.4 Å².